The number of aryl methyl sites for hydroxylation is 1. The number of benzene rings is 1. The Bertz CT molecular complexity index is 510. The van der Waals surface area contributed by atoms with Crippen LogP contribution in [0.15, 0.2) is 22.7 Å². The summed E-state index contributed by atoms with van der Waals surface area (Å²) in [7, 11) is 0. The van der Waals surface area contributed by atoms with E-state index in [1.165, 1.54) is 0 Å². The predicted molar refractivity (Wildman–Crippen MR) is 80.4 cm³/mol. The van der Waals surface area contributed by atoms with Crippen LogP contribution in [0.5, 0.6) is 0 Å². The lowest BCUT2D eigenvalue weighted by molar-refractivity contribution is -0.151. The fourth-order valence-electron chi connectivity index (χ4n) is 2.32. The molecule has 1 aromatic carbocycles. The number of carbonyl (C=O) groups is 2. The molecule has 0 aliphatic heterocycles. The minimum Gasteiger partial charge on any atom is -0.455 e. The molecular formula is C15H18BrNO3. The summed E-state index contributed by atoms with van der Waals surface area (Å²) in [6.45, 7) is 1.75. The SMILES string of the molecule is Cc1ccc(NC(=O)COC(=O)C2CCCC2)c(Br)c1. The van der Waals surface area contributed by atoms with Crippen LogP contribution in [0.25, 0.3) is 0 Å². The van der Waals surface area contributed by atoms with Crippen molar-refractivity contribution < 1.29 is 14.3 Å². The molecule has 1 aliphatic carbocycles. The molecule has 0 spiro atoms. The number of amides is 1. The van der Waals surface area contributed by atoms with Crippen molar-refractivity contribution in [1.29, 1.82) is 0 Å². The van der Waals surface area contributed by atoms with E-state index in [4.69, 9.17) is 4.74 Å². The Hall–Kier alpha value is -1.36. The molecule has 1 saturated carbocycles. The van der Waals surface area contributed by atoms with E-state index >= 15 is 0 Å². The zero-order valence-corrected chi connectivity index (χ0v) is 13.0. The number of nitrogens with one attached hydrogen (secondary N) is 1. The van der Waals surface area contributed by atoms with Gasteiger partial charge in [0.2, 0.25) is 0 Å². The van der Waals surface area contributed by atoms with Crippen molar-refractivity contribution in [3.8, 4) is 0 Å². The summed E-state index contributed by atoms with van der Waals surface area (Å²) in [5.74, 6) is -0.588. The molecule has 1 aliphatic rings. The Kier molecular flexibility index (Phi) is 5.17. The molecule has 1 fully saturated rings. The fraction of sp³-hybridized carbons (Fsp3) is 0.467. The second-order valence-electron chi connectivity index (χ2n) is 5.12. The van der Waals surface area contributed by atoms with Gasteiger partial charge in [0, 0.05) is 4.47 Å². The van der Waals surface area contributed by atoms with Crippen molar-refractivity contribution in [2.75, 3.05) is 11.9 Å². The molecule has 0 heterocycles. The summed E-state index contributed by atoms with van der Waals surface area (Å²) < 4.78 is 5.87. The topological polar surface area (TPSA) is 55.4 Å². The molecule has 5 heteroatoms. The molecule has 20 heavy (non-hydrogen) atoms. The van der Waals surface area contributed by atoms with Gasteiger partial charge in [-0.3, -0.25) is 9.59 Å². The third-order valence-corrected chi connectivity index (χ3v) is 4.09. The molecule has 2 rings (SSSR count). The van der Waals surface area contributed by atoms with Gasteiger partial charge in [0.25, 0.3) is 5.91 Å². The van der Waals surface area contributed by atoms with Crippen LogP contribution in [0.1, 0.15) is 31.2 Å². The zero-order chi connectivity index (χ0) is 14.5. The molecular weight excluding hydrogens is 322 g/mol. The van der Waals surface area contributed by atoms with Gasteiger partial charge < -0.3 is 10.1 Å². The number of esters is 1. The van der Waals surface area contributed by atoms with E-state index in [0.29, 0.717) is 5.69 Å². The number of halogens is 1. The van der Waals surface area contributed by atoms with Gasteiger partial charge in [-0.1, -0.05) is 18.9 Å². The third-order valence-electron chi connectivity index (χ3n) is 3.43. The second-order valence-corrected chi connectivity index (χ2v) is 5.97. The Morgan fingerprint density at radius 2 is 2.05 bits per heavy atom. The summed E-state index contributed by atoms with van der Waals surface area (Å²) >= 11 is 3.39. The summed E-state index contributed by atoms with van der Waals surface area (Å²) in [6, 6.07) is 5.64. The smallest absolute Gasteiger partial charge is 0.309 e. The maximum Gasteiger partial charge on any atom is 0.309 e. The summed E-state index contributed by atoms with van der Waals surface area (Å²) in [5.41, 5.74) is 1.78. The van der Waals surface area contributed by atoms with E-state index in [0.717, 1.165) is 35.7 Å². The lowest BCUT2D eigenvalue weighted by Crippen LogP contribution is -2.23. The van der Waals surface area contributed by atoms with Crippen LogP contribution in [0.4, 0.5) is 5.69 Å². The van der Waals surface area contributed by atoms with Crippen LogP contribution in [-0.2, 0) is 14.3 Å². The second kappa shape index (κ2) is 6.88. The minimum atomic E-state index is -0.319. The van der Waals surface area contributed by atoms with Crippen molar-refractivity contribution >= 4 is 33.5 Å². The number of anilines is 1. The van der Waals surface area contributed by atoms with E-state index in [1.807, 2.05) is 25.1 Å². The number of hydrogen-bond donors (Lipinski definition) is 1. The van der Waals surface area contributed by atoms with Gasteiger partial charge in [-0.15, -0.1) is 0 Å². The normalized spacial score (nSPS) is 15.1. The average molecular weight is 340 g/mol. The van der Waals surface area contributed by atoms with Gasteiger partial charge in [0.1, 0.15) is 0 Å². The van der Waals surface area contributed by atoms with Gasteiger partial charge in [-0.05, 0) is 53.4 Å². The monoisotopic (exact) mass is 339 g/mol. The lowest BCUT2D eigenvalue weighted by atomic mass is 10.1. The van der Waals surface area contributed by atoms with Crippen molar-refractivity contribution in [2.45, 2.75) is 32.6 Å². The van der Waals surface area contributed by atoms with E-state index in [-0.39, 0.29) is 24.4 Å². The highest BCUT2D eigenvalue weighted by molar-refractivity contribution is 9.10. The van der Waals surface area contributed by atoms with Gasteiger partial charge in [-0.2, -0.15) is 0 Å². The van der Waals surface area contributed by atoms with E-state index in [2.05, 4.69) is 21.2 Å². The largest absolute Gasteiger partial charge is 0.455 e. The van der Waals surface area contributed by atoms with Crippen molar-refractivity contribution in [2.24, 2.45) is 5.92 Å². The lowest BCUT2D eigenvalue weighted by Gasteiger charge is -2.11. The fourth-order valence-corrected chi connectivity index (χ4v) is 2.92. The van der Waals surface area contributed by atoms with Gasteiger partial charge in [0.05, 0.1) is 11.6 Å². The maximum absolute atomic E-state index is 11.8. The molecule has 1 aromatic rings. The first-order valence-electron chi connectivity index (χ1n) is 6.79. The molecule has 0 unspecified atom stereocenters. The molecule has 108 valence electrons. The number of ether oxygens (including phenoxy) is 1. The van der Waals surface area contributed by atoms with Crippen LogP contribution in [0, 0.1) is 12.8 Å². The number of rotatable bonds is 4. The van der Waals surface area contributed by atoms with E-state index in [1.54, 1.807) is 0 Å². The molecule has 1 N–H and O–H groups in total. The van der Waals surface area contributed by atoms with Crippen LogP contribution in [0.3, 0.4) is 0 Å². The molecule has 0 aromatic heterocycles. The quantitative estimate of drug-likeness (QED) is 0.855. The Morgan fingerprint density at radius 3 is 2.70 bits per heavy atom. The first kappa shape index (κ1) is 15.0. The van der Waals surface area contributed by atoms with E-state index < -0.39 is 0 Å². The predicted octanol–water partition coefficient (Wildman–Crippen LogP) is 3.43. The number of carbonyl (C=O) groups excluding carboxylic acids is 2. The molecule has 0 atom stereocenters. The summed E-state index contributed by atoms with van der Waals surface area (Å²) in [4.78, 5) is 23.5. The van der Waals surface area contributed by atoms with Crippen LogP contribution in [-0.4, -0.2) is 18.5 Å². The Labute approximate surface area is 127 Å². The Morgan fingerprint density at radius 1 is 1.35 bits per heavy atom. The third kappa shape index (κ3) is 4.07. The van der Waals surface area contributed by atoms with Crippen LogP contribution < -0.4 is 5.32 Å². The first-order valence-corrected chi connectivity index (χ1v) is 7.58. The summed E-state index contributed by atoms with van der Waals surface area (Å²) in [5, 5.41) is 2.72. The highest BCUT2D eigenvalue weighted by Crippen LogP contribution is 2.26. The molecule has 0 bridgehead atoms. The molecule has 4 nitrogen and oxygen atoms in total. The molecule has 1 amide bonds. The molecule has 0 radical (unpaired) electrons. The van der Waals surface area contributed by atoms with Crippen LogP contribution in [0.2, 0.25) is 0 Å². The van der Waals surface area contributed by atoms with Crippen LogP contribution >= 0.6 is 15.9 Å². The van der Waals surface area contributed by atoms with Crippen molar-refractivity contribution in [3.63, 3.8) is 0 Å². The minimum absolute atomic E-state index is 0.0195. The van der Waals surface area contributed by atoms with Crippen molar-refractivity contribution in [1.82, 2.24) is 0 Å². The summed E-state index contributed by atoms with van der Waals surface area (Å²) in [6.07, 6.45) is 3.90. The standard InChI is InChI=1S/C15H18BrNO3/c1-10-6-7-13(12(16)8-10)17-14(18)9-20-15(19)11-4-2-3-5-11/h6-8,11H,2-5,9H2,1H3,(H,17,18). The first-order chi connectivity index (χ1) is 9.56. The average Bonchev–Trinajstić information content (AvgIpc) is 2.93. The number of hydrogen-bond acceptors (Lipinski definition) is 3. The maximum atomic E-state index is 11.8. The molecule has 0 saturated heterocycles. The zero-order valence-electron chi connectivity index (χ0n) is 11.4. The van der Waals surface area contributed by atoms with Gasteiger partial charge in [-0.25, -0.2) is 0 Å². The van der Waals surface area contributed by atoms with Gasteiger partial charge >= 0.3 is 5.97 Å². The Balaban J connectivity index is 1.81. The highest BCUT2D eigenvalue weighted by Gasteiger charge is 2.24. The van der Waals surface area contributed by atoms with Gasteiger partial charge in [0.15, 0.2) is 6.61 Å². The highest BCUT2D eigenvalue weighted by atomic mass is 79.9. The van der Waals surface area contributed by atoms with E-state index in [9.17, 15) is 9.59 Å². The van der Waals surface area contributed by atoms with Crippen molar-refractivity contribution in [3.05, 3.63) is 28.2 Å².